The van der Waals surface area contributed by atoms with Crippen LogP contribution in [0.3, 0.4) is 0 Å². The van der Waals surface area contributed by atoms with Crippen LogP contribution < -0.4 is 10.5 Å². The van der Waals surface area contributed by atoms with Crippen molar-refractivity contribution in [3.8, 4) is 5.75 Å². The Morgan fingerprint density at radius 3 is 2.65 bits per heavy atom. The summed E-state index contributed by atoms with van der Waals surface area (Å²) in [5.74, 6) is -1.41. The molecule has 1 aromatic carbocycles. The Hall–Kier alpha value is -1.46. The summed E-state index contributed by atoms with van der Waals surface area (Å²) < 4.78 is 32.4. The number of benzene rings is 1. The quantitative estimate of drug-likeness (QED) is 0.914. The Kier molecular flexibility index (Phi) is 3.40. The van der Waals surface area contributed by atoms with E-state index in [0.717, 1.165) is 6.07 Å². The molecule has 2 nitrogen and oxygen atoms in total. The molecule has 1 aromatic heterocycles. The van der Waals surface area contributed by atoms with Gasteiger partial charge in [0, 0.05) is 10.4 Å². The van der Waals surface area contributed by atoms with Gasteiger partial charge in [0.1, 0.15) is 5.82 Å². The second kappa shape index (κ2) is 4.81. The maximum Gasteiger partial charge on any atom is 0.173 e. The van der Waals surface area contributed by atoms with Crippen LogP contribution in [0, 0.1) is 11.6 Å². The van der Waals surface area contributed by atoms with E-state index in [1.54, 1.807) is 12.1 Å². The zero-order chi connectivity index (χ0) is 12.4. The summed E-state index contributed by atoms with van der Waals surface area (Å²) >= 11 is 1.36. The van der Waals surface area contributed by atoms with E-state index >= 15 is 0 Å². The molecule has 0 radical (unpaired) electrons. The lowest BCUT2D eigenvalue weighted by Gasteiger charge is -2.14. The van der Waals surface area contributed by atoms with Gasteiger partial charge in [-0.15, -0.1) is 11.3 Å². The Morgan fingerprint density at radius 2 is 2.06 bits per heavy atom. The third-order valence-corrected chi connectivity index (χ3v) is 3.43. The van der Waals surface area contributed by atoms with Crippen LogP contribution >= 0.6 is 11.3 Å². The van der Waals surface area contributed by atoms with Crippen LogP contribution in [0.15, 0.2) is 29.6 Å². The molecular formula is C12H11F2NOS. The van der Waals surface area contributed by atoms with Gasteiger partial charge in [-0.1, -0.05) is 6.07 Å². The van der Waals surface area contributed by atoms with Crippen LogP contribution in [0.4, 0.5) is 8.78 Å². The van der Waals surface area contributed by atoms with Gasteiger partial charge in [-0.3, -0.25) is 0 Å². The molecule has 2 aromatic rings. The number of nitrogens with two attached hydrogens (primary N) is 1. The van der Waals surface area contributed by atoms with E-state index in [2.05, 4.69) is 0 Å². The lowest BCUT2D eigenvalue weighted by molar-refractivity contribution is 0.379. The van der Waals surface area contributed by atoms with Gasteiger partial charge in [0.05, 0.1) is 13.2 Å². The first-order valence-electron chi connectivity index (χ1n) is 4.96. The molecule has 17 heavy (non-hydrogen) atoms. The Balaban J connectivity index is 2.51. The van der Waals surface area contributed by atoms with Crippen molar-refractivity contribution >= 4 is 11.3 Å². The standard InChI is InChI=1S/C12H11F2NOS/c1-16-8-5-4-7(13)10(11(8)14)12(15)9-3-2-6-17-9/h2-6,12H,15H2,1H3/t12-/m1/s1. The molecule has 5 heteroatoms. The summed E-state index contributed by atoms with van der Waals surface area (Å²) in [5.41, 5.74) is 5.70. The predicted molar refractivity (Wildman–Crippen MR) is 63.3 cm³/mol. The van der Waals surface area contributed by atoms with E-state index in [9.17, 15) is 8.78 Å². The van der Waals surface area contributed by atoms with E-state index in [-0.39, 0.29) is 11.3 Å². The van der Waals surface area contributed by atoms with Crippen LogP contribution in [-0.4, -0.2) is 7.11 Å². The number of halogens is 2. The Bertz CT molecular complexity index is 513. The SMILES string of the molecule is COc1ccc(F)c([C@H](N)c2cccs2)c1F. The van der Waals surface area contributed by atoms with Crippen molar-refractivity contribution in [2.75, 3.05) is 7.11 Å². The van der Waals surface area contributed by atoms with Crippen molar-refractivity contribution in [3.05, 3.63) is 51.7 Å². The molecule has 0 aliphatic rings. The summed E-state index contributed by atoms with van der Waals surface area (Å²) in [7, 11) is 1.33. The fourth-order valence-electron chi connectivity index (χ4n) is 1.60. The molecule has 90 valence electrons. The monoisotopic (exact) mass is 255 g/mol. The number of hydrogen-bond donors (Lipinski definition) is 1. The van der Waals surface area contributed by atoms with Gasteiger partial charge >= 0.3 is 0 Å². The number of methoxy groups -OCH3 is 1. The van der Waals surface area contributed by atoms with E-state index < -0.39 is 17.7 Å². The number of thiophene rings is 1. The molecule has 0 saturated carbocycles. The van der Waals surface area contributed by atoms with Crippen LogP contribution in [-0.2, 0) is 0 Å². The minimum absolute atomic E-state index is 0.00611. The normalized spacial score (nSPS) is 12.5. The average molecular weight is 255 g/mol. The number of ether oxygens (including phenoxy) is 1. The second-order valence-electron chi connectivity index (χ2n) is 3.47. The largest absolute Gasteiger partial charge is 0.494 e. The summed E-state index contributed by atoms with van der Waals surface area (Å²) in [5, 5.41) is 1.81. The minimum Gasteiger partial charge on any atom is -0.494 e. The molecular weight excluding hydrogens is 244 g/mol. The molecule has 0 spiro atoms. The van der Waals surface area contributed by atoms with E-state index in [0.29, 0.717) is 4.88 Å². The van der Waals surface area contributed by atoms with Gasteiger partial charge in [0.2, 0.25) is 0 Å². The topological polar surface area (TPSA) is 35.2 Å². The van der Waals surface area contributed by atoms with Gasteiger partial charge in [-0.2, -0.15) is 0 Å². The third-order valence-electron chi connectivity index (χ3n) is 2.47. The van der Waals surface area contributed by atoms with Crippen LogP contribution in [0.5, 0.6) is 5.75 Å². The predicted octanol–water partition coefficient (Wildman–Crippen LogP) is 3.08. The highest BCUT2D eigenvalue weighted by Crippen LogP contribution is 2.31. The highest BCUT2D eigenvalue weighted by Gasteiger charge is 2.22. The third kappa shape index (κ3) is 2.16. The van der Waals surface area contributed by atoms with Crippen molar-refractivity contribution in [2.24, 2.45) is 5.73 Å². The summed E-state index contributed by atoms with van der Waals surface area (Å²) in [6, 6.07) is 5.12. The fraction of sp³-hybridized carbons (Fsp3) is 0.167. The zero-order valence-electron chi connectivity index (χ0n) is 9.11. The highest BCUT2D eigenvalue weighted by atomic mass is 32.1. The summed E-state index contributed by atoms with van der Waals surface area (Å²) in [4.78, 5) is 0.705. The Labute approximate surface area is 102 Å². The van der Waals surface area contributed by atoms with Gasteiger partial charge in [0.15, 0.2) is 11.6 Å². The molecule has 0 fully saturated rings. The smallest absolute Gasteiger partial charge is 0.173 e. The van der Waals surface area contributed by atoms with Crippen LogP contribution in [0.25, 0.3) is 0 Å². The summed E-state index contributed by atoms with van der Waals surface area (Å²) in [6.07, 6.45) is 0. The fourth-order valence-corrected chi connectivity index (χ4v) is 2.34. The first-order chi connectivity index (χ1) is 8.15. The molecule has 0 bridgehead atoms. The van der Waals surface area contributed by atoms with Crippen molar-refractivity contribution in [1.29, 1.82) is 0 Å². The molecule has 0 aliphatic carbocycles. The molecule has 1 heterocycles. The van der Waals surface area contributed by atoms with Crippen molar-refractivity contribution in [1.82, 2.24) is 0 Å². The molecule has 0 unspecified atom stereocenters. The first-order valence-corrected chi connectivity index (χ1v) is 5.84. The van der Waals surface area contributed by atoms with Crippen LogP contribution in [0.2, 0.25) is 0 Å². The van der Waals surface area contributed by atoms with Gasteiger partial charge in [-0.05, 0) is 23.6 Å². The van der Waals surface area contributed by atoms with Gasteiger partial charge < -0.3 is 10.5 Å². The highest BCUT2D eigenvalue weighted by molar-refractivity contribution is 7.10. The molecule has 1 atom stereocenters. The minimum atomic E-state index is -0.815. The number of rotatable bonds is 3. The first kappa shape index (κ1) is 12.0. The maximum atomic E-state index is 13.9. The van der Waals surface area contributed by atoms with Crippen molar-refractivity contribution in [3.63, 3.8) is 0 Å². The van der Waals surface area contributed by atoms with Crippen LogP contribution in [0.1, 0.15) is 16.5 Å². The maximum absolute atomic E-state index is 13.9. The van der Waals surface area contributed by atoms with E-state index in [4.69, 9.17) is 10.5 Å². The average Bonchev–Trinajstić information content (AvgIpc) is 2.82. The van der Waals surface area contributed by atoms with Crippen molar-refractivity contribution < 1.29 is 13.5 Å². The lowest BCUT2D eigenvalue weighted by atomic mass is 10.0. The van der Waals surface area contributed by atoms with Crippen molar-refractivity contribution in [2.45, 2.75) is 6.04 Å². The molecule has 2 rings (SSSR count). The molecule has 0 saturated heterocycles. The lowest BCUT2D eigenvalue weighted by Crippen LogP contribution is -2.15. The summed E-state index contributed by atoms with van der Waals surface area (Å²) in [6.45, 7) is 0. The molecule has 2 N–H and O–H groups in total. The second-order valence-corrected chi connectivity index (χ2v) is 4.45. The zero-order valence-corrected chi connectivity index (χ0v) is 9.93. The van der Waals surface area contributed by atoms with Gasteiger partial charge in [0.25, 0.3) is 0 Å². The molecule has 0 aliphatic heterocycles. The van der Waals surface area contributed by atoms with Gasteiger partial charge in [-0.25, -0.2) is 8.78 Å². The van der Waals surface area contributed by atoms with E-state index in [1.165, 1.54) is 24.5 Å². The Morgan fingerprint density at radius 1 is 1.29 bits per heavy atom. The van der Waals surface area contributed by atoms with E-state index in [1.807, 2.05) is 5.38 Å². The number of hydrogen-bond acceptors (Lipinski definition) is 3. The molecule has 0 amide bonds.